The van der Waals surface area contributed by atoms with Crippen molar-refractivity contribution in [3.05, 3.63) is 65.7 Å². The van der Waals surface area contributed by atoms with Crippen molar-refractivity contribution in [1.82, 2.24) is 4.90 Å². The standard InChI is InChI=1S/C29H35N3O2/c1-19-6-12-24-21(3)31-14-4-5-25(31)27(17-30)32(26(24)15-19)18-22-8-10-23(11-9-22)34-29-16-20(2)7-13-28(29)33/h6,8-12,15,20,25,27-29,33H,3-5,7,13-14,16,18H2,1-2H3/t20-,25?,27?,28?,29?/m0/s1. The van der Waals surface area contributed by atoms with Crippen molar-refractivity contribution in [2.24, 2.45) is 5.92 Å². The molecule has 5 atom stereocenters. The molecule has 0 radical (unpaired) electrons. The Morgan fingerprint density at radius 2 is 1.94 bits per heavy atom. The third kappa shape index (κ3) is 4.28. The fourth-order valence-electron chi connectivity index (χ4n) is 5.91. The molecule has 1 aliphatic carbocycles. The summed E-state index contributed by atoms with van der Waals surface area (Å²) in [4.78, 5) is 4.61. The van der Waals surface area contributed by atoms with Crippen molar-refractivity contribution in [2.45, 2.75) is 76.8 Å². The fraction of sp³-hybridized carbons (Fsp3) is 0.483. The average molecular weight is 458 g/mol. The summed E-state index contributed by atoms with van der Waals surface area (Å²) in [6.07, 6.45) is 4.31. The Morgan fingerprint density at radius 3 is 2.71 bits per heavy atom. The van der Waals surface area contributed by atoms with E-state index in [4.69, 9.17) is 4.74 Å². The Bertz CT molecular complexity index is 1090. The molecule has 2 aromatic rings. The zero-order valence-corrected chi connectivity index (χ0v) is 20.3. The summed E-state index contributed by atoms with van der Waals surface area (Å²) in [6.45, 7) is 10.4. The molecule has 0 bridgehead atoms. The van der Waals surface area contributed by atoms with E-state index in [1.165, 1.54) is 5.56 Å². The first-order valence-corrected chi connectivity index (χ1v) is 12.6. The highest BCUT2D eigenvalue weighted by molar-refractivity contribution is 5.78. The number of aliphatic hydroxyl groups is 1. The molecule has 5 heteroatoms. The van der Waals surface area contributed by atoms with E-state index in [0.29, 0.717) is 12.5 Å². The van der Waals surface area contributed by atoms with Crippen LogP contribution in [-0.2, 0) is 6.54 Å². The highest BCUT2D eigenvalue weighted by Gasteiger charge is 2.40. The maximum Gasteiger partial charge on any atom is 0.137 e. The first kappa shape index (κ1) is 22.8. The molecule has 0 aromatic heterocycles. The second kappa shape index (κ2) is 9.35. The van der Waals surface area contributed by atoms with Gasteiger partial charge in [-0.2, -0.15) is 5.26 Å². The first-order chi connectivity index (χ1) is 16.4. The number of ether oxygens (including phenoxy) is 1. The molecule has 0 amide bonds. The normalized spacial score (nSPS) is 28.6. The van der Waals surface area contributed by atoms with Crippen molar-refractivity contribution < 1.29 is 9.84 Å². The molecule has 2 aromatic carbocycles. The summed E-state index contributed by atoms with van der Waals surface area (Å²) < 4.78 is 6.15. The van der Waals surface area contributed by atoms with E-state index in [2.05, 4.69) is 66.6 Å². The Kier molecular flexibility index (Phi) is 6.27. The van der Waals surface area contributed by atoms with Crippen LogP contribution in [0.4, 0.5) is 5.69 Å². The van der Waals surface area contributed by atoms with Gasteiger partial charge in [0.25, 0.3) is 0 Å². The minimum absolute atomic E-state index is 0.141. The molecule has 34 heavy (non-hydrogen) atoms. The number of nitrogens with zero attached hydrogens (tertiary/aromatic N) is 3. The molecule has 0 spiro atoms. The number of hydrogen-bond acceptors (Lipinski definition) is 5. The number of benzene rings is 2. The minimum Gasteiger partial charge on any atom is -0.488 e. The van der Waals surface area contributed by atoms with Crippen LogP contribution in [0.15, 0.2) is 49.0 Å². The molecule has 1 saturated heterocycles. The minimum atomic E-state index is -0.397. The second-order valence-electron chi connectivity index (χ2n) is 10.4. The van der Waals surface area contributed by atoms with Gasteiger partial charge in [0.1, 0.15) is 17.9 Å². The van der Waals surface area contributed by atoms with Gasteiger partial charge in [0.15, 0.2) is 0 Å². The van der Waals surface area contributed by atoms with Crippen LogP contribution >= 0.6 is 0 Å². The molecule has 5 rings (SSSR count). The van der Waals surface area contributed by atoms with Crippen molar-refractivity contribution in [3.63, 3.8) is 0 Å². The van der Waals surface area contributed by atoms with Crippen LogP contribution in [0, 0.1) is 24.2 Å². The molecule has 4 unspecified atom stereocenters. The SMILES string of the molecule is C=C1c2ccc(C)cc2N(Cc2ccc(OC3C[C@@H](C)CCC3O)cc2)C(C#N)C2CCCN12. The lowest BCUT2D eigenvalue weighted by Gasteiger charge is -2.34. The van der Waals surface area contributed by atoms with Gasteiger partial charge < -0.3 is 19.6 Å². The number of anilines is 1. The summed E-state index contributed by atoms with van der Waals surface area (Å²) in [6, 6.07) is 17.2. The van der Waals surface area contributed by atoms with Crippen molar-refractivity contribution in [2.75, 3.05) is 11.4 Å². The maximum absolute atomic E-state index is 10.3. The molecule has 2 aliphatic heterocycles. The van der Waals surface area contributed by atoms with Crippen LogP contribution in [0.1, 0.15) is 55.7 Å². The number of aliphatic hydroxyl groups excluding tert-OH is 1. The van der Waals surface area contributed by atoms with Crippen LogP contribution < -0.4 is 9.64 Å². The van der Waals surface area contributed by atoms with Gasteiger partial charge in [-0.25, -0.2) is 0 Å². The molecular formula is C29H35N3O2. The second-order valence-corrected chi connectivity index (χ2v) is 10.4. The van der Waals surface area contributed by atoms with Crippen LogP contribution in [0.5, 0.6) is 5.75 Å². The van der Waals surface area contributed by atoms with Gasteiger partial charge in [0, 0.05) is 30.0 Å². The van der Waals surface area contributed by atoms with Gasteiger partial charge in [-0.15, -0.1) is 0 Å². The molecule has 3 aliphatic rings. The Labute approximate surface area is 203 Å². The summed E-state index contributed by atoms with van der Waals surface area (Å²) in [5, 5.41) is 20.6. The molecule has 1 saturated carbocycles. The van der Waals surface area contributed by atoms with Gasteiger partial charge in [0.2, 0.25) is 0 Å². The summed E-state index contributed by atoms with van der Waals surface area (Å²) in [5.74, 6) is 1.37. The summed E-state index contributed by atoms with van der Waals surface area (Å²) in [5.41, 5.74) is 5.56. The summed E-state index contributed by atoms with van der Waals surface area (Å²) in [7, 11) is 0. The Hall–Kier alpha value is -2.97. The number of hydrogen-bond donors (Lipinski definition) is 1. The van der Waals surface area contributed by atoms with E-state index >= 15 is 0 Å². The van der Waals surface area contributed by atoms with E-state index in [9.17, 15) is 10.4 Å². The topological polar surface area (TPSA) is 59.7 Å². The predicted molar refractivity (Wildman–Crippen MR) is 135 cm³/mol. The molecule has 178 valence electrons. The average Bonchev–Trinajstić information content (AvgIpc) is 3.28. The third-order valence-electron chi connectivity index (χ3n) is 7.83. The van der Waals surface area contributed by atoms with Crippen molar-refractivity contribution in [1.29, 1.82) is 5.26 Å². The molecule has 1 N–H and O–H groups in total. The lowest BCUT2D eigenvalue weighted by Crippen LogP contribution is -2.45. The molecule has 2 fully saturated rings. The quantitative estimate of drug-likeness (QED) is 0.678. The predicted octanol–water partition coefficient (Wildman–Crippen LogP) is 5.27. The number of rotatable bonds is 4. The molecular weight excluding hydrogens is 422 g/mol. The lowest BCUT2D eigenvalue weighted by atomic mass is 9.86. The monoisotopic (exact) mass is 457 g/mol. The van der Waals surface area contributed by atoms with Crippen molar-refractivity contribution in [3.8, 4) is 11.8 Å². The van der Waals surface area contributed by atoms with Gasteiger partial charge in [-0.3, -0.25) is 0 Å². The van der Waals surface area contributed by atoms with E-state index in [0.717, 1.165) is 66.9 Å². The van der Waals surface area contributed by atoms with Gasteiger partial charge in [-0.1, -0.05) is 37.8 Å². The van der Waals surface area contributed by atoms with Crippen molar-refractivity contribution >= 4 is 11.4 Å². The summed E-state index contributed by atoms with van der Waals surface area (Å²) >= 11 is 0. The fourth-order valence-corrected chi connectivity index (χ4v) is 5.91. The third-order valence-corrected chi connectivity index (χ3v) is 7.83. The first-order valence-electron chi connectivity index (χ1n) is 12.6. The Balaban J connectivity index is 1.41. The van der Waals surface area contributed by atoms with Gasteiger partial charge >= 0.3 is 0 Å². The largest absolute Gasteiger partial charge is 0.488 e. The number of fused-ring (bicyclic) bond motifs is 2. The number of aryl methyl sites for hydroxylation is 1. The molecule has 2 heterocycles. The van der Waals surface area contributed by atoms with E-state index in [1.54, 1.807) is 0 Å². The van der Waals surface area contributed by atoms with E-state index in [1.807, 2.05) is 12.1 Å². The van der Waals surface area contributed by atoms with Gasteiger partial charge in [-0.05, 0) is 74.3 Å². The zero-order chi connectivity index (χ0) is 23.8. The zero-order valence-electron chi connectivity index (χ0n) is 20.3. The maximum atomic E-state index is 10.3. The van der Waals surface area contributed by atoms with Crippen LogP contribution in [0.3, 0.4) is 0 Å². The molecule has 5 nitrogen and oxygen atoms in total. The van der Waals surface area contributed by atoms with Crippen LogP contribution in [0.25, 0.3) is 5.70 Å². The smallest absolute Gasteiger partial charge is 0.137 e. The van der Waals surface area contributed by atoms with E-state index < -0.39 is 6.10 Å². The van der Waals surface area contributed by atoms with Crippen LogP contribution in [0.2, 0.25) is 0 Å². The van der Waals surface area contributed by atoms with Gasteiger partial charge in [0.05, 0.1) is 18.2 Å². The number of nitriles is 1. The highest BCUT2D eigenvalue weighted by Crippen LogP contribution is 2.41. The lowest BCUT2D eigenvalue weighted by molar-refractivity contribution is -0.00758. The van der Waals surface area contributed by atoms with Crippen LogP contribution in [-0.4, -0.2) is 40.8 Å². The Morgan fingerprint density at radius 1 is 1.15 bits per heavy atom. The van der Waals surface area contributed by atoms with E-state index in [-0.39, 0.29) is 18.2 Å². The highest BCUT2D eigenvalue weighted by atomic mass is 16.5.